The minimum atomic E-state index is -0.635. The summed E-state index contributed by atoms with van der Waals surface area (Å²) in [5.41, 5.74) is 6.51. The summed E-state index contributed by atoms with van der Waals surface area (Å²) in [5, 5.41) is 21.9. The molecule has 8 aromatic rings. The van der Waals surface area contributed by atoms with Crippen LogP contribution in [0.3, 0.4) is 0 Å². The van der Waals surface area contributed by atoms with Gasteiger partial charge >= 0.3 is 59.9 Å². The minimum Gasteiger partial charge on any atom is -0.490 e. The SMILES string of the molecule is COC(=O)c1cnc(C)c(Br)c1.COC(=O)c1cnc(CBr)c(Br)c1.COC(=O)c1cnc(CCCCO)c(Br)c1.COC(=O)c1cnc(CN(CCO)C(=O)OC(C)(C)C)c(Br)c1.COC(=O)c1cnc(Cl)c(Br)c1.COC(=O)c1cnc(I)c(Br)c1.COC(=O)c1cnc2c(c1)OCCN(C(=O)OC(C)(C)C)C2.COC(=O)c1cnc2c(c1)OCCNC2. The highest BCUT2D eigenvalue weighted by Crippen LogP contribution is 2.28. The second kappa shape index (κ2) is 57.2. The maximum absolute atomic E-state index is 12.2. The second-order valence-electron chi connectivity index (χ2n) is 26.7. The monoisotopic (exact) mass is 2320 g/mol. The Labute approximate surface area is 799 Å². The highest BCUT2D eigenvalue weighted by molar-refractivity contribution is 14.1. The molecule has 3 N–H and O–H groups in total. The summed E-state index contributed by atoms with van der Waals surface area (Å²) in [6.45, 7) is 15.8. The zero-order valence-electron chi connectivity index (χ0n) is 70.4. The summed E-state index contributed by atoms with van der Waals surface area (Å²) in [5.74, 6) is -2.19. The maximum atomic E-state index is 12.2. The van der Waals surface area contributed by atoms with Crippen molar-refractivity contribution in [1.29, 1.82) is 0 Å². The number of halogens is 9. The number of nitrogens with zero attached hydrogens (tertiary/aromatic N) is 10. The summed E-state index contributed by atoms with van der Waals surface area (Å²) in [4.78, 5) is 149. The van der Waals surface area contributed by atoms with Crippen LogP contribution in [0.15, 0.2) is 125 Å². The van der Waals surface area contributed by atoms with Crippen molar-refractivity contribution < 1.29 is 115 Å². The van der Waals surface area contributed by atoms with E-state index in [4.69, 9.17) is 40.8 Å². The molecule has 0 saturated heterocycles. The van der Waals surface area contributed by atoms with Gasteiger partial charge in [-0.1, -0.05) is 27.5 Å². The molecule has 2 aliphatic rings. The van der Waals surface area contributed by atoms with Crippen molar-refractivity contribution in [3.63, 3.8) is 0 Å². The summed E-state index contributed by atoms with van der Waals surface area (Å²) in [6, 6.07) is 13.1. The van der Waals surface area contributed by atoms with Gasteiger partial charge in [-0.3, -0.25) is 39.7 Å². The molecule has 0 bridgehead atoms. The maximum Gasteiger partial charge on any atom is 0.410 e. The fourth-order valence-corrected chi connectivity index (χ4v) is 12.9. The molecule has 0 aliphatic carbocycles. The van der Waals surface area contributed by atoms with Gasteiger partial charge in [-0.15, -0.1) is 0 Å². The van der Waals surface area contributed by atoms with Crippen LogP contribution in [0.25, 0.3) is 0 Å². The number of alkyl halides is 1. The van der Waals surface area contributed by atoms with Crippen LogP contribution < -0.4 is 14.8 Å². The van der Waals surface area contributed by atoms with E-state index in [-0.39, 0.29) is 50.8 Å². The Bertz CT molecular complexity index is 4830. The summed E-state index contributed by atoms with van der Waals surface area (Å²) >= 11 is 30.6. The molecule has 35 nitrogen and oxygen atoms in total. The first-order chi connectivity index (χ1) is 59.1. The van der Waals surface area contributed by atoms with Gasteiger partial charge in [-0.05, 0) is 234 Å². The molecule has 0 atom stereocenters. The van der Waals surface area contributed by atoms with Crippen LogP contribution in [0.1, 0.15) is 171 Å². The molecule has 0 unspecified atom stereocenters. The van der Waals surface area contributed by atoms with Crippen LogP contribution in [0, 0.1) is 10.6 Å². The lowest BCUT2D eigenvalue weighted by atomic mass is 10.1. The molecule has 44 heteroatoms. The Hall–Kier alpha value is -8.64. The molecule has 10 rings (SSSR count). The van der Waals surface area contributed by atoms with E-state index in [1.807, 2.05) is 27.7 Å². The fourth-order valence-electron chi connectivity index (χ4n) is 9.14. The first-order valence-corrected chi connectivity index (χ1v) is 44.0. The fraction of sp³-hybridized carbons (Fsp3) is 0.383. The quantitative estimate of drug-likeness (QED) is 0.0190. The minimum absolute atomic E-state index is 0.113. The summed E-state index contributed by atoms with van der Waals surface area (Å²) in [6.07, 6.45) is 13.1. The number of ether oxygens (including phenoxy) is 12. The van der Waals surface area contributed by atoms with E-state index in [0.717, 1.165) is 70.2 Å². The predicted molar refractivity (Wildman–Crippen MR) is 489 cm³/mol. The smallest absolute Gasteiger partial charge is 0.410 e. The van der Waals surface area contributed by atoms with Crippen molar-refractivity contribution in [2.24, 2.45) is 0 Å². The zero-order chi connectivity index (χ0) is 93.8. The molecular weight excluding hydrogens is 2230 g/mol. The lowest BCUT2D eigenvalue weighted by Crippen LogP contribution is -2.38. The normalized spacial score (nSPS) is 11.4. The number of aliphatic hydroxyl groups excluding tert-OH is 2. The van der Waals surface area contributed by atoms with E-state index in [2.05, 4.69) is 217 Å². The van der Waals surface area contributed by atoms with Crippen molar-refractivity contribution in [3.05, 3.63) is 212 Å². The van der Waals surface area contributed by atoms with E-state index < -0.39 is 53.2 Å². The third kappa shape index (κ3) is 39.6. The van der Waals surface area contributed by atoms with Crippen molar-refractivity contribution in [2.45, 2.75) is 104 Å². The van der Waals surface area contributed by atoms with E-state index in [9.17, 15) is 47.9 Å². The van der Waals surface area contributed by atoms with Gasteiger partial charge in [0.25, 0.3) is 0 Å². The van der Waals surface area contributed by atoms with Crippen molar-refractivity contribution >= 4 is 206 Å². The largest absolute Gasteiger partial charge is 0.490 e. The van der Waals surface area contributed by atoms with Crippen LogP contribution in [-0.4, -0.2) is 234 Å². The van der Waals surface area contributed by atoms with Crippen LogP contribution in [-0.2, 0) is 78.8 Å². The number of aliphatic hydroxyl groups is 2. The number of fused-ring (bicyclic) bond motifs is 2. The third-order valence-electron chi connectivity index (χ3n) is 15.4. The average molecular weight is 2330 g/mol. The van der Waals surface area contributed by atoms with Gasteiger partial charge in [0.1, 0.15) is 50.5 Å². The predicted octanol–water partition coefficient (Wildman–Crippen LogP) is 15.6. The molecule has 0 fully saturated rings. The molecule has 678 valence electrons. The molecule has 125 heavy (non-hydrogen) atoms. The third-order valence-corrected chi connectivity index (χ3v) is 22.1. The molecule has 0 spiro atoms. The van der Waals surface area contributed by atoms with Crippen molar-refractivity contribution in [2.75, 3.05) is 103 Å². The highest BCUT2D eigenvalue weighted by Gasteiger charge is 2.28. The highest BCUT2D eigenvalue weighted by atomic mass is 127. The number of pyridine rings is 8. The number of carbonyl (C=O) groups is 10. The van der Waals surface area contributed by atoms with E-state index in [1.165, 1.54) is 116 Å². The average Bonchev–Trinajstić information content (AvgIpc) is 1.65. The number of hydrogen-bond donors (Lipinski definition) is 3. The van der Waals surface area contributed by atoms with Crippen LogP contribution >= 0.6 is 146 Å². The number of hydrogen-bond acceptors (Lipinski definition) is 33. The Kier molecular flexibility index (Phi) is 50.6. The number of nitrogens with one attached hydrogen (secondary N) is 1. The van der Waals surface area contributed by atoms with Crippen LogP contribution in [0.2, 0.25) is 5.15 Å². The molecule has 2 aliphatic heterocycles. The van der Waals surface area contributed by atoms with Gasteiger partial charge in [0.15, 0.2) is 0 Å². The molecule has 0 aromatic carbocycles. The van der Waals surface area contributed by atoms with Gasteiger partial charge in [0.2, 0.25) is 0 Å². The standard InChI is InChI=1S/C15H21BrN2O5.C15H20N2O5.C11H14BrNO3.C10H12N2O3.C8H7Br2NO2.C8H8BrNO2.C7H5BrClNO2.C7H5BrINO2/c1-15(2,3)23-14(21)18(5-6-19)9-12-11(16)7-10(8-17-12)13(20)22-4;1-15(2,3)22-14(19)17-5-6-21-12-7-10(13(18)20-4)8-16-11(12)9-17;1-16-11(15)8-6-9(12)10(13-7-8)4-2-3-5-14;1-14-10(13)7-4-9-8(12-5-7)6-11-2-3-15-9;1-13-8(12)5-2-6(10)7(3-9)11-4-5;1-5-7(9)3-6(4-10-5)8(11)12-2;2*1-12-7(11)4-2-5(8)6(9)10-3-4/h7-8,19H,5-6,9H2,1-4H3;7-8H,5-6,9H2,1-4H3;6-7,14H,2-5H2,1H3;4-5,11H,2-3,6H2,1H3;2,4H,3H2,1H3;3-4H,1-2H3;2*2-3H,1H3. The van der Waals surface area contributed by atoms with Gasteiger partial charge in [-0.25, -0.2) is 57.9 Å². The van der Waals surface area contributed by atoms with Gasteiger partial charge in [-0.2, -0.15) is 0 Å². The number of carbonyl (C=O) groups excluding carboxylic acids is 10. The molecule has 2 amide bonds. The number of methoxy groups -OCH3 is 8. The second-order valence-corrected chi connectivity index (χ2v) is 33.8. The van der Waals surface area contributed by atoms with Crippen molar-refractivity contribution in [3.8, 4) is 11.5 Å². The first kappa shape index (κ1) is 111. The molecule has 0 saturated carbocycles. The number of aromatic nitrogens is 8. The number of unbranched alkanes of at least 4 members (excludes halogenated alkanes) is 1. The lowest BCUT2D eigenvalue weighted by Gasteiger charge is -2.27. The molecule has 0 radical (unpaired) electrons. The molecule has 10 heterocycles. The van der Waals surface area contributed by atoms with Crippen LogP contribution in [0.5, 0.6) is 11.5 Å². The zero-order valence-corrected chi connectivity index (χ0v) is 84.4. The topological polar surface area (TPSA) is 444 Å². The molecular formula is C81H92Br7ClIN11O24. The van der Waals surface area contributed by atoms with Gasteiger partial charge in [0.05, 0.1) is 165 Å². The summed E-state index contributed by atoms with van der Waals surface area (Å²) < 4.78 is 63.4. The number of amides is 2. The molecule has 8 aromatic heterocycles. The van der Waals surface area contributed by atoms with Gasteiger partial charge in [0, 0.05) is 99.0 Å². The number of esters is 8. The lowest BCUT2D eigenvalue weighted by molar-refractivity contribution is 0.0195. The van der Waals surface area contributed by atoms with E-state index >= 15 is 0 Å². The Balaban J connectivity index is 0.000000373. The Morgan fingerprint density at radius 3 is 1.26 bits per heavy atom. The first-order valence-electron chi connectivity index (χ1n) is 36.6. The van der Waals surface area contributed by atoms with Crippen LogP contribution in [0.4, 0.5) is 9.59 Å². The Morgan fingerprint density at radius 2 is 0.848 bits per heavy atom. The number of rotatable bonds is 17. The van der Waals surface area contributed by atoms with Gasteiger partial charge < -0.3 is 72.4 Å². The van der Waals surface area contributed by atoms with E-state index in [1.54, 1.807) is 69.3 Å². The van der Waals surface area contributed by atoms with E-state index in [0.29, 0.717) is 113 Å². The summed E-state index contributed by atoms with van der Waals surface area (Å²) in [7, 11) is 10.6. The number of aryl methyl sites for hydroxylation is 2. The van der Waals surface area contributed by atoms with Crippen molar-refractivity contribution in [1.82, 2.24) is 55.0 Å². The Morgan fingerprint density at radius 1 is 0.472 bits per heavy atom.